The fourth-order valence-electron chi connectivity index (χ4n) is 1.61. The van der Waals surface area contributed by atoms with Crippen LogP contribution in [0.1, 0.15) is 25.3 Å². The van der Waals surface area contributed by atoms with Crippen molar-refractivity contribution in [2.75, 3.05) is 0 Å². The van der Waals surface area contributed by atoms with Gasteiger partial charge in [0.25, 0.3) is 0 Å². The van der Waals surface area contributed by atoms with E-state index in [4.69, 9.17) is 4.74 Å². The smallest absolute Gasteiger partial charge is 0.331 e. The molecular formula is C14H16O2. The molecule has 2 nitrogen and oxygen atoms in total. The molecule has 2 heteroatoms. The molecule has 0 radical (unpaired) electrons. The number of benzene rings is 1. The van der Waals surface area contributed by atoms with Gasteiger partial charge in [0.15, 0.2) is 0 Å². The Hall–Kier alpha value is -1.57. The van der Waals surface area contributed by atoms with Crippen molar-refractivity contribution in [3.8, 4) is 0 Å². The topological polar surface area (TPSA) is 26.3 Å². The highest BCUT2D eigenvalue weighted by Crippen LogP contribution is 2.35. The summed E-state index contributed by atoms with van der Waals surface area (Å²) >= 11 is 0. The molecule has 1 aromatic rings. The molecule has 0 heterocycles. The molecule has 1 aliphatic rings. The molecule has 0 aromatic heterocycles. The molecule has 1 aromatic carbocycles. The lowest BCUT2D eigenvalue weighted by molar-refractivity contribution is -0.139. The van der Waals surface area contributed by atoms with Gasteiger partial charge in [0.2, 0.25) is 0 Å². The number of hydrogen-bond acceptors (Lipinski definition) is 2. The quantitative estimate of drug-likeness (QED) is 0.571. The molecule has 16 heavy (non-hydrogen) atoms. The van der Waals surface area contributed by atoms with Crippen molar-refractivity contribution in [3.05, 3.63) is 47.5 Å². The summed E-state index contributed by atoms with van der Waals surface area (Å²) < 4.78 is 5.16. The molecule has 2 rings (SSSR count). The van der Waals surface area contributed by atoms with Crippen LogP contribution in [0, 0.1) is 5.92 Å². The molecule has 0 N–H and O–H groups in total. The van der Waals surface area contributed by atoms with Gasteiger partial charge >= 0.3 is 5.97 Å². The van der Waals surface area contributed by atoms with E-state index in [-0.39, 0.29) is 5.97 Å². The molecule has 0 saturated heterocycles. The van der Waals surface area contributed by atoms with Crippen LogP contribution in [-0.2, 0) is 16.1 Å². The highest BCUT2D eigenvalue weighted by Gasteiger charge is 2.23. The third-order valence-corrected chi connectivity index (χ3v) is 2.79. The van der Waals surface area contributed by atoms with Gasteiger partial charge in [0, 0.05) is 6.08 Å². The number of hydrogen-bond donors (Lipinski definition) is 0. The van der Waals surface area contributed by atoms with Crippen LogP contribution in [0.25, 0.3) is 0 Å². The van der Waals surface area contributed by atoms with Crippen LogP contribution in [0.15, 0.2) is 42.0 Å². The standard InChI is InChI=1S/C14H16O2/c1-11(13-7-8-13)9-14(15)16-10-12-5-3-2-4-6-12/h2-6,9,13H,7-8,10H2,1H3/b11-9-. The fourth-order valence-corrected chi connectivity index (χ4v) is 1.61. The Morgan fingerprint density at radius 1 is 1.38 bits per heavy atom. The molecule has 1 aliphatic carbocycles. The minimum Gasteiger partial charge on any atom is -0.458 e. The van der Waals surface area contributed by atoms with Crippen LogP contribution < -0.4 is 0 Å². The van der Waals surface area contributed by atoms with Crippen LogP contribution in [0.5, 0.6) is 0 Å². The van der Waals surface area contributed by atoms with E-state index >= 15 is 0 Å². The first-order chi connectivity index (χ1) is 7.75. The summed E-state index contributed by atoms with van der Waals surface area (Å²) in [5, 5.41) is 0. The van der Waals surface area contributed by atoms with Crippen LogP contribution >= 0.6 is 0 Å². The van der Waals surface area contributed by atoms with Crippen LogP contribution in [-0.4, -0.2) is 5.97 Å². The van der Waals surface area contributed by atoms with E-state index < -0.39 is 0 Å². The molecule has 84 valence electrons. The number of ether oxygens (including phenoxy) is 1. The third-order valence-electron chi connectivity index (χ3n) is 2.79. The lowest BCUT2D eigenvalue weighted by atomic mass is 10.2. The lowest BCUT2D eigenvalue weighted by Crippen LogP contribution is -2.02. The first-order valence-corrected chi connectivity index (χ1v) is 5.64. The Morgan fingerprint density at radius 2 is 2.06 bits per heavy atom. The molecule has 0 aliphatic heterocycles. The van der Waals surface area contributed by atoms with Crippen molar-refractivity contribution in [2.45, 2.75) is 26.4 Å². The highest BCUT2D eigenvalue weighted by atomic mass is 16.5. The number of carbonyl (C=O) groups excluding carboxylic acids is 1. The van der Waals surface area contributed by atoms with Gasteiger partial charge in [0.05, 0.1) is 0 Å². The second kappa shape index (κ2) is 4.97. The van der Waals surface area contributed by atoms with E-state index in [1.54, 1.807) is 6.08 Å². The first kappa shape index (κ1) is 10.9. The normalized spacial score (nSPS) is 15.9. The van der Waals surface area contributed by atoms with Crippen molar-refractivity contribution < 1.29 is 9.53 Å². The summed E-state index contributed by atoms with van der Waals surface area (Å²) in [6.45, 7) is 2.36. The minimum absolute atomic E-state index is 0.228. The zero-order valence-electron chi connectivity index (χ0n) is 9.48. The van der Waals surface area contributed by atoms with Crippen LogP contribution in [0.4, 0.5) is 0 Å². The monoisotopic (exact) mass is 216 g/mol. The van der Waals surface area contributed by atoms with Crippen molar-refractivity contribution in [2.24, 2.45) is 5.92 Å². The van der Waals surface area contributed by atoms with E-state index in [1.807, 2.05) is 37.3 Å². The van der Waals surface area contributed by atoms with E-state index in [0.29, 0.717) is 12.5 Å². The Kier molecular flexibility index (Phi) is 3.40. The molecule has 0 amide bonds. The second-order valence-corrected chi connectivity index (χ2v) is 4.26. The fraction of sp³-hybridized carbons (Fsp3) is 0.357. The Morgan fingerprint density at radius 3 is 2.69 bits per heavy atom. The Balaban J connectivity index is 1.82. The zero-order valence-corrected chi connectivity index (χ0v) is 9.48. The van der Waals surface area contributed by atoms with Gasteiger partial charge in [-0.2, -0.15) is 0 Å². The lowest BCUT2D eigenvalue weighted by Gasteiger charge is -2.02. The predicted molar refractivity (Wildman–Crippen MR) is 62.7 cm³/mol. The maximum atomic E-state index is 11.5. The Labute approximate surface area is 95.9 Å². The molecule has 0 atom stereocenters. The van der Waals surface area contributed by atoms with Crippen molar-refractivity contribution in [3.63, 3.8) is 0 Å². The number of esters is 1. The summed E-state index contributed by atoms with van der Waals surface area (Å²) in [7, 11) is 0. The second-order valence-electron chi connectivity index (χ2n) is 4.26. The van der Waals surface area contributed by atoms with Gasteiger partial charge < -0.3 is 4.74 Å². The van der Waals surface area contributed by atoms with Crippen molar-refractivity contribution in [1.29, 1.82) is 0 Å². The Bertz CT molecular complexity index is 388. The molecule has 0 spiro atoms. The van der Waals surface area contributed by atoms with Crippen LogP contribution in [0.2, 0.25) is 0 Å². The van der Waals surface area contributed by atoms with Gasteiger partial charge in [-0.05, 0) is 31.2 Å². The van der Waals surface area contributed by atoms with Gasteiger partial charge in [-0.15, -0.1) is 0 Å². The summed E-state index contributed by atoms with van der Waals surface area (Å²) in [5.74, 6) is 0.400. The minimum atomic E-state index is -0.228. The summed E-state index contributed by atoms with van der Waals surface area (Å²) in [6.07, 6.45) is 4.06. The van der Waals surface area contributed by atoms with Gasteiger partial charge in [-0.1, -0.05) is 35.9 Å². The summed E-state index contributed by atoms with van der Waals surface area (Å²) in [4.78, 5) is 11.5. The summed E-state index contributed by atoms with van der Waals surface area (Å²) in [6, 6.07) is 9.72. The highest BCUT2D eigenvalue weighted by molar-refractivity contribution is 5.82. The average molecular weight is 216 g/mol. The van der Waals surface area contributed by atoms with Crippen molar-refractivity contribution >= 4 is 5.97 Å². The maximum Gasteiger partial charge on any atom is 0.331 e. The third kappa shape index (κ3) is 3.23. The number of carbonyl (C=O) groups is 1. The van der Waals surface area contributed by atoms with Gasteiger partial charge in [0.1, 0.15) is 6.61 Å². The summed E-state index contributed by atoms with van der Waals surface area (Å²) in [5.41, 5.74) is 2.17. The van der Waals surface area contributed by atoms with Gasteiger partial charge in [-0.3, -0.25) is 0 Å². The molecule has 1 fully saturated rings. The molecule has 0 unspecified atom stereocenters. The molecule has 0 bridgehead atoms. The van der Waals surface area contributed by atoms with E-state index in [9.17, 15) is 4.79 Å². The maximum absolute atomic E-state index is 11.5. The zero-order chi connectivity index (χ0) is 11.4. The van der Waals surface area contributed by atoms with E-state index in [1.165, 1.54) is 12.8 Å². The van der Waals surface area contributed by atoms with Crippen molar-refractivity contribution in [1.82, 2.24) is 0 Å². The average Bonchev–Trinajstić information content (AvgIpc) is 3.11. The predicted octanol–water partition coefficient (Wildman–Crippen LogP) is 3.09. The van der Waals surface area contributed by atoms with E-state index in [2.05, 4.69) is 0 Å². The molecular weight excluding hydrogens is 200 g/mol. The van der Waals surface area contributed by atoms with Crippen LogP contribution in [0.3, 0.4) is 0 Å². The number of rotatable bonds is 4. The largest absolute Gasteiger partial charge is 0.458 e. The SMILES string of the molecule is C/C(=C/C(=O)OCc1ccccc1)C1CC1. The van der Waals surface area contributed by atoms with E-state index in [0.717, 1.165) is 11.1 Å². The molecule has 1 saturated carbocycles. The van der Waals surface area contributed by atoms with Gasteiger partial charge in [-0.25, -0.2) is 4.79 Å². The first-order valence-electron chi connectivity index (χ1n) is 5.64. The number of allylic oxidation sites excluding steroid dienone is 1.